The van der Waals surface area contributed by atoms with Crippen LogP contribution >= 0.6 is 11.3 Å². The summed E-state index contributed by atoms with van der Waals surface area (Å²) in [7, 11) is 4.98. The Hall–Kier alpha value is -2.01. The van der Waals surface area contributed by atoms with Crippen molar-refractivity contribution in [1.29, 1.82) is 0 Å². The van der Waals surface area contributed by atoms with E-state index in [0.717, 1.165) is 10.4 Å². The first-order chi connectivity index (χ1) is 9.67. The molecule has 1 aromatic carbocycles. The van der Waals surface area contributed by atoms with Gasteiger partial charge in [-0.15, -0.1) is 11.3 Å². The summed E-state index contributed by atoms with van der Waals surface area (Å²) in [5.41, 5.74) is 0.916. The predicted molar refractivity (Wildman–Crippen MR) is 79.7 cm³/mol. The predicted octanol–water partition coefficient (Wildman–Crippen LogP) is 3.04. The van der Waals surface area contributed by atoms with Crippen molar-refractivity contribution in [2.75, 3.05) is 21.3 Å². The summed E-state index contributed by atoms with van der Waals surface area (Å²) in [4.78, 5) is 14.6. The summed E-state index contributed by atoms with van der Waals surface area (Å²) >= 11 is 1.44. The quantitative estimate of drug-likeness (QED) is 0.850. The number of nitrogens with zero attached hydrogens (tertiary/aromatic N) is 1. The normalized spacial score (nSPS) is 10.2. The second-order valence-electron chi connectivity index (χ2n) is 4.29. The number of carbonyl (C=O) groups excluding carboxylic acids is 1. The summed E-state index contributed by atoms with van der Waals surface area (Å²) in [6.07, 6.45) is 0. The van der Waals surface area contributed by atoms with Gasteiger partial charge in [0.1, 0.15) is 0 Å². The molecule has 0 N–H and O–H groups in total. The third-order valence-corrected chi connectivity index (χ3v) is 3.83. The van der Waals surface area contributed by atoms with Gasteiger partial charge in [-0.1, -0.05) is 18.2 Å². The SMILES string of the molecule is COc1cccc(CN(C)C(=O)c2cccs2)c1OC. The highest BCUT2D eigenvalue weighted by molar-refractivity contribution is 7.12. The van der Waals surface area contributed by atoms with Gasteiger partial charge in [0, 0.05) is 19.2 Å². The molecule has 1 aromatic heterocycles. The van der Waals surface area contributed by atoms with Crippen LogP contribution in [-0.2, 0) is 6.54 Å². The van der Waals surface area contributed by atoms with Crippen LogP contribution in [0, 0.1) is 0 Å². The fourth-order valence-electron chi connectivity index (χ4n) is 1.99. The van der Waals surface area contributed by atoms with Crippen molar-refractivity contribution in [2.45, 2.75) is 6.54 Å². The van der Waals surface area contributed by atoms with Crippen LogP contribution in [0.25, 0.3) is 0 Å². The monoisotopic (exact) mass is 291 g/mol. The fraction of sp³-hybridized carbons (Fsp3) is 0.267. The zero-order valence-electron chi connectivity index (χ0n) is 11.8. The molecule has 5 heteroatoms. The standard InChI is InChI=1S/C15H17NO3S/c1-16(15(17)13-8-5-9-20-13)10-11-6-4-7-12(18-2)14(11)19-3/h4-9H,10H2,1-3H3. The third kappa shape index (κ3) is 2.93. The van der Waals surface area contributed by atoms with Crippen LogP contribution < -0.4 is 9.47 Å². The summed E-state index contributed by atoms with van der Waals surface area (Å²) in [6, 6.07) is 9.35. The van der Waals surface area contributed by atoms with E-state index in [1.54, 1.807) is 26.2 Å². The molecule has 0 atom stereocenters. The van der Waals surface area contributed by atoms with Crippen LogP contribution in [0.3, 0.4) is 0 Å². The fourth-order valence-corrected chi connectivity index (χ4v) is 2.71. The van der Waals surface area contributed by atoms with Gasteiger partial charge in [-0.3, -0.25) is 4.79 Å². The van der Waals surface area contributed by atoms with Crippen LogP contribution in [-0.4, -0.2) is 32.1 Å². The Balaban J connectivity index is 2.19. The van der Waals surface area contributed by atoms with Crippen molar-refractivity contribution >= 4 is 17.2 Å². The van der Waals surface area contributed by atoms with Crippen LogP contribution in [0.2, 0.25) is 0 Å². The average Bonchev–Trinajstić information content (AvgIpc) is 3.00. The summed E-state index contributed by atoms with van der Waals surface area (Å²) in [6.45, 7) is 0.469. The smallest absolute Gasteiger partial charge is 0.263 e. The lowest BCUT2D eigenvalue weighted by Crippen LogP contribution is -2.25. The maximum Gasteiger partial charge on any atom is 0.263 e. The maximum absolute atomic E-state index is 12.2. The molecule has 0 saturated heterocycles. The zero-order chi connectivity index (χ0) is 14.5. The molecule has 4 nitrogen and oxygen atoms in total. The molecule has 1 amide bonds. The Labute approximate surface area is 122 Å². The number of hydrogen-bond acceptors (Lipinski definition) is 4. The molecule has 0 bridgehead atoms. The lowest BCUT2D eigenvalue weighted by Gasteiger charge is -2.19. The topological polar surface area (TPSA) is 38.8 Å². The minimum absolute atomic E-state index is 0.00451. The van der Waals surface area contributed by atoms with E-state index in [9.17, 15) is 4.79 Å². The lowest BCUT2D eigenvalue weighted by atomic mass is 10.1. The van der Waals surface area contributed by atoms with Gasteiger partial charge in [0.15, 0.2) is 11.5 Å². The first-order valence-corrected chi connectivity index (χ1v) is 7.04. The number of benzene rings is 1. The Morgan fingerprint density at radius 2 is 2.00 bits per heavy atom. The van der Waals surface area contributed by atoms with Crippen molar-refractivity contribution in [3.05, 3.63) is 46.2 Å². The molecular weight excluding hydrogens is 274 g/mol. The van der Waals surface area contributed by atoms with Crippen LogP contribution in [0.1, 0.15) is 15.2 Å². The van der Waals surface area contributed by atoms with E-state index >= 15 is 0 Å². The van der Waals surface area contributed by atoms with E-state index in [-0.39, 0.29) is 5.91 Å². The molecule has 0 spiro atoms. The number of carbonyl (C=O) groups is 1. The summed E-state index contributed by atoms with van der Waals surface area (Å²) in [5.74, 6) is 1.34. The first kappa shape index (κ1) is 14.4. The van der Waals surface area contributed by atoms with Gasteiger partial charge in [-0.25, -0.2) is 0 Å². The molecule has 0 aliphatic rings. The van der Waals surface area contributed by atoms with E-state index in [4.69, 9.17) is 9.47 Å². The number of thiophene rings is 1. The second-order valence-corrected chi connectivity index (χ2v) is 5.24. The van der Waals surface area contributed by atoms with Crippen molar-refractivity contribution in [2.24, 2.45) is 0 Å². The summed E-state index contributed by atoms with van der Waals surface area (Å²) < 4.78 is 10.6. The molecule has 0 saturated carbocycles. The number of ether oxygens (including phenoxy) is 2. The van der Waals surface area contributed by atoms with Gasteiger partial charge in [0.2, 0.25) is 0 Å². The van der Waals surface area contributed by atoms with Crippen molar-refractivity contribution in [1.82, 2.24) is 4.90 Å². The minimum Gasteiger partial charge on any atom is -0.493 e. The molecular formula is C15H17NO3S. The van der Waals surface area contributed by atoms with Gasteiger partial charge in [-0.05, 0) is 17.5 Å². The third-order valence-electron chi connectivity index (χ3n) is 2.97. The van der Waals surface area contributed by atoms with E-state index in [2.05, 4.69) is 0 Å². The van der Waals surface area contributed by atoms with E-state index in [1.165, 1.54) is 11.3 Å². The van der Waals surface area contributed by atoms with Crippen LogP contribution in [0.5, 0.6) is 11.5 Å². The number of para-hydroxylation sites is 1. The van der Waals surface area contributed by atoms with Crippen molar-refractivity contribution < 1.29 is 14.3 Å². The zero-order valence-corrected chi connectivity index (χ0v) is 12.6. The molecule has 0 fully saturated rings. The Morgan fingerprint density at radius 3 is 2.60 bits per heavy atom. The highest BCUT2D eigenvalue weighted by Gasteiger charge is 2.16. The molecule has 0 aliphatic carbocycles. The Morgan fingerprint density at radius 1 is 1.20 bits per heavy atom. The largest absolute Gasteiger partial charge is 0.493 e. The van der Waals surface area contributed by atoms with E-state index < -0.39 is 0 Å². The van der Waals surface area contributed by atoms with Gasteiger partial charge in [0.25, 0.3) is 5.91 Å². The number of methoxy groups -OCH3 is 2. The second kappa shape index (κ2) is 6.43. The number of amides is 1. The van der Waals surface area contributed by atoms with Crippen molar-refractivity contribution in [3.8, 4) is 11.5 Å². The first-order valence-electron chi connectivity index (χ1n) is 6.16. The molecule has 1 heterocycles. The average molecular weight is 291 g/mol. The lowest BCUT2D eigenvalue weighted by molar-refractivity contribution is 0.0789. The highest BCUT2D eigenvalue weighted by atomic mass is 32.1. The minimum atomic E-state index is 0.00451. The summed E-state index contributed by atoms with van der Waals surface area (Å²) in [5, 5.41) is 1.90. The van der Waals surface area contributed by atoms with Crippen molar-refractivity contribution in [3.63, 3.8) is 0 Å². The number of rotatable bonds is 5. The van der Waals surface area contributed by atoms with Gasteiger partial charge >= 0.3 is 0 Å². The molecule has 0 radical (unpaired) electrons. The molecule has 0 aliphatic heterocycles. The highest BCUT2D eigenvalue weighted by Crippen LogP contribution is 2.31. The molecule has 20 heavy (non-hydrogen) atoms. The maximum atomic E-state index is 12.2. The molecule has 2 aromatic rings. The Kier molecular flexibility index (Phi) is 4.63. The molecule has 0 unspecified atom stereocenters. The molecule has 2 rings (SSSR count). The van der Waals surface area contributed by atoms with E-state index in [0.29, 0.717) is 18.0 Å². The van der Waals surface area contributed by atoms with Gasteiger partial charge < -0.3 is 14.4 Å². The van der Waals surface area contributed by atoms with Gasteiger partial charge in [0.05, 0.1) is 19.1 Å². The van der Waals surface area contributed by atoms with Crippen LogP contribution in [0.4, 0.5) is 0 Å². The molecule has 106 valence electrons. The van der Waals surface area contributed by atoms with Crippen LogP contribution in [0.15, 0.2) is 35.7 Å². The number of hydrogen-bond donors (Lipinski definition) is 0. The van der Waals surface area contributed by atoms with E-state index in [1.807, 2.05) is 35.7 Å². The van der Waals surface area contributed by atoms with Gasteiger partial charge in [-0.2, -0.15) is 0 Å². The Bertz CT molecular complexity index is 581.